The molecule has 0 radical (unpaired) electrons. The van der Waals surface area contributed by atoms with Crippen molar-refractivity contribution in [3.8, 4) is 0 Å². The SMILES string of the molecule is CC.CC1(C)OCC(C2OC3(C)CC(=O)OCCOCCOC(=O)CC4(C)OCC(O4)C2O3)O1. The van der Waals surface area contributed by atoms with Gasteiger partial charge in [-0.3, -0.25) is 9.59 Å². The highest BCUT2D eigenvalue weighted by Gasteiger charge is 2.57. The minimum Gasteiger partial charge on any atom is -0.463 e. The lowest BCUT2D eigenvalue weighted by Gasteiger charge is -2.27. The molecule has 0 aromatic carbocycles. The summed E-state index contributed by atoms with van der Waals surface area (Å²) in [5.41, 5.74) is 0. The molecule has 4 fully saturated rings. The Morgan fingerprint density at radius 2 is 1.15 bits per heavy atom. The van der Waals surface area contributed by atoms with Gasteiger partial charge in [-0.1, -0.05) is 13.8 Å². The molecule has 34 heavy (non-hydrogen) atoms. The molecule has 0 aliphatic carbocycles. The average Bonchev–Trinajstić information content (AvgIpc) is 3.42. The smallest absolute Gasteiger partial charge is 0.311 e. The summed E-state index contributed by atoms with van der Waals surface area (Å²) in [5, 5.41) is 0. The van der Waals surface area contributed by atoms with Crippen molar-refractivity contribution in [3.63, 3.8) is 0 Å². The fourth-order valence-electron chi connectivity index (χ4n) is 4.33. The predicted octanol–water partition coefficient (Wildman–Crippen LogP) is 1.69. The van der Waals surface area contributed by atoms with Crippen LogP contribution in [0, 0.1) is 0 Å². The second kappa shape index (κ2) is 11.2. The number of esters is 2. The van der Waals surface area contributed by atoms with Gasteiger partial charge in [0.15, 0.2) is 17.4 Å². The first-order valence-electron chi connectivity index (χ1n) is 11.9. The first-order valence-corrected chi connectivity index (χ1v) is 11.9. The van der Waals surface area contributed by atoms with Crippen LogP contribution in [0.4, 0.5) is 0 Å². The van der Waals surface area contributed by atoms with E-state index in [1.165, 1.54) is 0 Å². The van der Waals surface area contributed by atoms with Crippen LogP contribution in [0.5, 0.6) is 0 Å². The molecule has 0 aromatic heterocycles. The zero-order chi connectivity index (χ0) is 25.0. The fourth-order valence-corrected chi connectivity index (χ4v) is 4.33. The van der Waals surface area contributed by atoms with E-state index in [1.54, 1.807) is 13.8 Å². The normalized spacial score (nSPS) is 41.1. The summed E-state index contributed by atoms with van der Waals surface area (Å²) in [6, 6.07) is 0. The fraction of sp³-hybridized carbons (Fsp3) is 0.913. The van der Waals surface area contributed by atoms with E-state index < -0.39 is 53.7 Å². The topological polar surface area (TPSA) is 117 Å². The van der Waals surface area contributed by atoms with Crippen LogP contribution in [0.1, 0.15) is 54.4 Å². The Labute approximate surface area is 200 Å². The Bertz CT molecular complexity index is 713. The first-order chi connectivity index (χ1) is 16.1. The van der Waals surface area contributed by atoms with Gasteiger partial charge in [0.05, 0.1) is 39.3 Å². The van der Waals surface area contributed by atoms with Gasteiger partial charge in [0.1, 0.15) is 37.6 Å². The molecule has 4 aliphatic rings. The second-order valence-corrected chi connectivity index (χ2v) is 9.17. The van der Waals surface area contributed by atoms with E-state index >= 15 is 0 Å². The predicted molar refractivity (Wildman–Crippen MR) is 116 cm³/mol. The van der Waals surface area contributed by atoms with Crippen molar-refractivity contribution in [2.45, 2.75) is 96.2 Å². The van der Waals surface area contributed by atoms with Gasteiger partial charge in [0.25, 0.3) is 0 Å². The van der Waals surface area contributed by atoms with E-state index in [2.05, 4.69) is 0 Å². The van der Waals surface area contributed by atoms with Crippen LogP contribution in [-0.4, -0.2) is 93.4 Å². The molecule has 4 aliphatic heterocycles. The largest absolute Gasteiger partial charge is 0.463 e. The van der Waals surface area contributed by atoms with Gasteiger partial charge in [0, 0.05) is 0 Å². The molecule has 0 N–H and O–H groups in total. The van der Waals surface area contributed by atoms with Crippen LogP contribution < -0.4 is 0 Å². The first kappa shape index (κ1) is 27.3. The molecule has 4 bridgehead atoms. The number of hydrogen-bond donors (Lipinski definition) is 0. The van der Waals surface area contributed by atoms with Crippen molar-refractivity contribution in [2.24, 2.45) is 0 Å². The van der Waals surface area contributed by atoms with Gasteiger partial charge in [0.2, 0.25) is 0 Å². The molecule has 0 aromatic rings. The lowest BCUT2D eigenvalue weighted by Crippen LogP contribution is -2.45. The Morgan fingerprint density at radius 3 is 1.68 bits per heavy atom. The maximum Gasteiger partial charge on any atom is 0.311 e. The summed E-state index contributed by atoms with van der Waals surface area (Å²) in [7, 11) is 0. The highest BCUT2D eigenvalue weighted by molar-refractivity contribution is 5.70. The quantitative estimate of drug-likeness (QED) is 0.500. The van der Waals surface area contributed by atoms with Crippen molar-refractivity contribution in [2.75, 3.05) is 39.6 Å². The van der Waals surface area contributed by atoms with E-state index in [9.17, 15) is 9.59 Å². The summed E-state index contributed by atoms with van der Waals surface area (Å²) < 4.78 is 51.8. The highest BCUT2D eigenvalue weighted by atomic mass is 16.8. The highest BCUT2D eigenvalue weighted by Crippen LogP contribution is 2.42. The van der Waals surface area contributed by atoms with Crippen LogP contribution >= 0.6 is 0 Å². The summed E-state index contributed by atoms with van der Waals surface area (Å²) in [6.45, 7) is 12.0. The molecule has 11 heteroatoms. The molecule has 0 amide bonds. The van der Waals surface area contributed by atoms with Crippen molar-refractivity contribution in [1.29, 1.82) is 0 Å². The van der Waals surface area contributed by atoms with Crippen LogP contribution in [0.3, 0.4) is 0 Å². The number of hydrogen-bond acceptors (Lipinski definition) is 11. The molecule has 6 unspecified atom stereocenters. The Kier molecular flexibility index (Phi) is 8.94. The monoisotopic (exact) mass is 490 g/mol. The zero-order valence-electron chi connectivity index (χ0n) is 21.0. The second-order valence-electron chi connectivity index (χ2n) is 9.17. The number of carbonyl (C=O) groups is 2. The molecular formula is C23H38O11. The maximum atomic E-state index is 12.4. The van der Waals surface area contributed by atoms with Crippen molar-refractivity contribution < 1.29 is 52.2 Å². The molecule has 4 rings (SSSR count). The molecular weight excluding hydrogens is 452 g/mol. The van der Waals surface area contributed by atoms with E-state index in [1.807, 2.05) is 27.7 Å². The van der Waals surface area contributed by atoms with E-state index in [-0.39, 0.29) is 45.9 Å². The van der Waals surface area contributed by atoms with Crippen LogP contribution in [-0.2, 0) is 52.2 Å². The molecule has 4 saturated heterocycles. The van der Waals surface area contributed by atoms with Crippen LogP contribution in [0.15, 0.2) is 0 Å². The van der Waals surface area contributed by atoms with Gasteiger partial charge in [-0.15, -0.1) is 0 Å². The summed E-state index contributed by atoms with van der Waals surface area (Å²) in [6.07, 6.45) is -2.40. The Balaban J connectivity index is 0.00000158. The maximum absolute atomic E-state index is 12.4. The number of fused-ring (bicyclic) bond motifs is 5. The Morgan fingerprint density at radius 1 is 0.647 bits per heavy atom. The van der Waals surface area contributed by atoms with E-state index in [0.717, 1.165) is 0 Å². The molecule has 0 spiro atoms. The van der Waals surface area contributed by atoms with Crippen molar-refractivity contribution >= 4 is 11.9 Å². The molecule has 6 atom stereocenters. The number of cyclic esters (lactones) is 2. The third kappa shape index (κ3) is 6.87. The standard InChI is InChI=1S/C21H32O11.C2H6/c1-19(2)27-11-13(29-19)17-18-14-12-28-20(3,30-14)9-15(22)25-7-5-24-6-8-26-16(23)10-21(4,31-17)32-18;1-2/h13-14,17-18H,5-12H2,1-4H3;1-2H3. The third-order valence-electron chi connectivity index (χ3n) is 5.72. The summed E-state index contributed by atoms with van der Waals surface area (Å²) >= 11 is 0. The third-order valence-corrected chi connectivity index (χ3v) is 5.72. The van der Waals surface area contributed by atoms with Gasteiger partial charge in [-0.05, 0) is 27.7 Å². The minimum atomic E-state index is -1.25. The van der Waals surface area contributed by atoms with Crippen molar-refractivity contribution in [1.82, 2.24) is 0 Å². The van der Waals surface area contributed by atoms with Gasteiger partial charge < -0.3 is 42.6 Å². The molecule has 0 saturated carbocycles. The zero-order valence-corrected chi connectivity index (χ0v) is 21.0. The minimum absolute atomic E-state index is 0.0706. The average molecular weight is 491 g/mol. The summed E-state index contributed by atoms with van der Waals surface area (Å²) in [5.74, 6) is -4.14. The number of carbonyl (C=O) groups excluding carboxylic acids is 2. The molecule has 196 valence electrons. The number of ether oxygens (including phenoxy) is 9. The molecule has 4 heterocycles. The Hall–Kier alpha value is -1.34. The van der Waals surface area contributed by atoms with Gasteiger partial charge in [-0.25, -0.2) is 0 Å². The van der Waals surface area contributed by atoms with E-state index in [0.29, 0.717) is 6.61 Å². The van der Waals surface area contributed by atoms with Crippen LogP contribution in [0.2, 0.25) is 0 Å². The molecule has 11 nitrogen and oxygen atoms in total. The van der Waals surface area contributed by atoms with E-state index in [4.69, 9.17) is 42.6 Å². The number of rotatable bonds is 1. The lowest BCUT2D eigenvalue weighted by molar-refractivity contribution is -0.203. The van der Waals surface area contributed by atoms with Gasteiger partial charge in [-0.2, -0.15) is 0 Å². The van der Waals surface area contributed by atoms with Crippen LogP contribution in [0.25, 0.3) is 0 Å². The van der Waals surface area contributed by atoms with Crippen molar-refractivity contribution in [3.05, 3.63) is 0 Å². The van der Waals surface area contributed by atoms with Gasteiger partial charge >= 0.3 is 11.9 Å². The summed E-state index contributed by atoms with van der Waals surface area (Å²) in [4.78, 5) is 24.6. The lowest BCUT2D eigenvalue weighted by atomic mass is 10.0.